The number of nitrogens with zero attached hydrogens (tertiary/aromatic N) is 2. The summed E-state index contributed by atoms with van der Waals surface area (Å²) in [5, 5.41) is 3.26. The Labute approximate surface area is 154 Å². The third kappa shape index (κ3) is 5.41. The number of nitrogens with one attached hydrogen (secondary N) is 1. The van der Waals surface area contributed by atoms with Crippen molar-refractivity contribution in [2.24, 2.45) is 5.41 Å². The van der Waals surface area contributed by atoms with Crippen molar-refractivity contribution in [2.45, 2.75) is 45.9 Å². The van der Waals surface area contributed by atoms with Gasteiger partial charge in [-0.05, 0) is 55.0 Å². The minimum absolute atomic E-state index is 0.0361. The van der Waals surface area contributed by atoms with E-state index in [4.69, 9.17) is 11.6 Å². The van der Waals surface area contributed by atoms with Crippen molar-refractivity contribution in [2.75, 3.05) is 11.1 Å². The third-order valence-corrected chi connectivity index (χ3v) is 5.88. The summed E-state index contributed by atoms with van der Waals surface area (Å²) in [5.41, 5.74) is 2.17. The largest absolute Gasteiger partial charge is 0.340 e. The minimum Gasteiger partial charge on any atom is -0.340 e. The summed E-state index contributed by atoms with van der Waals surface area (Å²) < 4.78 is 25.5. The molecule has 25 heavy (non-hydrogen) atoms. The maximum Gasteiger partial charge on any atom is 0.224 e. The van der Waals surface area contributed by atoms with Gasteiger partial charge in [-0.1, -0.05) is 26.8 Å². The Kier molecular flexibility index (Phi) is 5.74. The summed E-state index contributed by atoms with van der Waals surface area (Å²) in [7, 11) is -3.36. The van der Waals surface area contributed by atoms with Crippen LogP contribution in [0.15, 0.2) is 29.3 Å². The average molecular weight is 382 g/mol. The van der Waals surface area contributed by atoms with Gasteiger partial charge in [-0.3, -0.25) is 0 Å². The molecule has 0 saturated heterocycles. The summed E-state index contributed by atoms with van der Waals surface area (Å²) >= 11 is 5.84. The van der Waals surface area contributed by atoms with E-state index in [0.717, 1.165) is 11.1 Å². The highest BCUT2D eigenvalue weighted by Crippen LogP contribution is 2.27. The van der Waals surface area contributed by atoms with Crippen LogP contribution in [0.5, 0.6) is 0 Å². The van der Waals surface area contributed by atoms with Crippen LogP contribution in [0, 0.1) is 19.3 Å². The van der Waals surface area contributed by atoms with Gasteiger partial charge in [0, 0.05) is 17.4 Å². The van der Waals surface area contributed by atoms with Crippen LogP contribution in [0.4, 0.5) is 11.5 Å². The Morgan fingerprint density at radius 3 is 2.48 bits per heavy atom. The summed E-state index contributed by atoms with van der Waals surface area (Å²) in [5.74, 6) is 0.681. The van der Waals surface area contributed by atoms with Crippen LogP contribution in [-0.4, -0.2) is 24.1 Å². The zero-order valence-corrected chi connectivity index (χ0v) is 16.8. The number of sulfone groups is 1. The maximum atomic E-state index is 12.8. The molecular weight excluding hydrogens is 358 g/mol. The topological polar surface area (TPSA) is 72.0 Å². The SMILES string of the molecule is Cc1ccc(Nc2nc(Cl)ncc2C)cc1S(=O)(=O)CCC(C)(C)C. The normalized spacial score (nSPS) is 12.2. The Balaban J connectivity index is 2.32. The molecule has 2 aromatic rings. The lowest BCUT2D eigenvalue weighted by atomic mass is 9.94. The fourth-order valence-corrected chi connectivity index (χ4v) is 4.35. The molecule has 7 heteroatoms. The van der Waals surface area contributed by atoms with Crippen LogP contribution < -0.4 is 5.32 Å². The molecule has 0 aliphatic heterocycles. The van der Waals surface area contributed by atoms with Gasteiger partial charge in [0.2, 0.25) is 5.28 Å². The molecule has 0 radical (unpaired) electrons. The number of anilines is 2. The number of benzene rings is 1. The first-order valence-corrected chi connectivity index (χ1v) is 10.1. The van der Waals surface area contributed by atoms with Crippen molar-refractivity contribution in [3.8, 4) is 0 Å². The van der Waals surface area contributed by atoms with Gasteiger partial charge in [0.25, 0.3) is 0 Å². The molecule has 0 atom stereocenters. The molecular formula is C18H24ClN3O2S. The lowest BCUT2D eigenvalue weighted by Crippen LogP contribution is -2.16. The van der Waals surface area contributed by atoms with E-state index in [9.17, 15) is 8.42 Å². The lowest BCUT2D eigenvalue weighted by molar-refractivity contribution is 0.397. The van der Waals surface area contributed by atoms with E-state index in [2.05, 4.69) is 15.3 Å². The van der Waals surface area contributed by atoms with Crippen molar-refractivity contribution in [1.82, 2.24) is 9.97 Å². The van der Waals surface area contributed by atoms with Crippen LogP contribution in [0.25, 0.3) is 0 Å². The van der Waals surface area contributed by atoms with Gasteiger partial charge in [-0.2, -0.15) is 0 Å². The average Bonchev–Trinajstić information content (AvgIpc) is 2.50. The summed E-state index contributed by atoms with van der Waals surface area (Å²) in [6.45, 7) is 9.77. The molecule has 1 aromatic heterocycles. The van der Waals surface area contributed by atoms with Crippen molar-refractivity contribution < 1.29 is 8.42 Å². The number of aromatic nitrogens is 2. The van der Waals surface area contributed by atoms with E-state index in [0.29, 0.717) is 22.8 Å². The fraction of sp³-hybridized carbons (Fsp3) is 0.444. The zero-order chi connectivity index (χ0) is 18.8. The van der Waals surface area contributed by atoms with Gasteiger partial charge >= 0.3 is 0 Å². The number of rotatable bonds is 5. The van der Waals surface area contributed by atoms with Crippen LogP contribution in [0.1, 0.15) is 38.3 Å². The molecule has 0 bridgehead atoms. The Morgan fingerprint density at radius 1 is 1.16 bits per heavy atom. The summed E-state index contributed by atoms with van der Waals surface area (Å²) in [4.78, 5) is 8.41. The fourth-order valence-electron chi connectivity index (χ4n) is 2.25. The number of hydrogen-bond donors (Lipinski definition) is 1. The molecule has 1 aromatic carbocycles. The molecule has 0 spiro atoms. The van der Waals surface area contributed by atoms with Gasteiger partial charge in [0.1, 0.15) is 5.82 Å². The Bertz CT molecular complexity index is 874. The van der Waals surface area contributed by atoms with Crippen LogP contribution >= 0.6 is 11.6 Å². The van der Waals surface area contributed by atoms with Gasteiger partial charge < -0.3 is 5.32 Å². The van der Waals surface area contributed by atoms with Crippen molar-refractivity contribution in [3.05, 3.63) is 40.8 Å². The lowest BCUT2D eigenvalue weighted by Gasteiger charge is -2.18. The Morgan fingerprint density at radius 2 is 1.84 bits per heavy atom. The van der Waals surface area contributed by atoms with E-state index < -0.39 is 9.84 Å². The monoisotopic (exact) mass is 381 g/mol. The predicted octanol–water partition coefficient (Wildman–Crippen LogP) is 4.70. The van der Waals surface area contributed by atoms with Gasteiger partial charge in [-0.15, -0.1) is 0 Å². The first-order chi connectivity index (χ1) is 11.5. The van der Waals surface area contributed by atoms with Gasteiger partial charge in [0.05, 0.1) is 10.6 Å². The highest BCUT2D eigenvalue weighted by molar-refractivity contribution is 7.91. The number of aryl methyl sites for hydroxylation is 2. The third-order valence-electron chi connectivity index (χ3n) is 3.85. The van der Waals surface area contributed by atoms with Crippen molar-refractivity contribution in [3.63, 3.8) is 0 Å². The van der Waals surface area contributed by atoms with E-state index in [-0.39, 0.29) is 16.5 Å². The number of hydrogen-bond acceptors (Lipinski definition) is 5. The first kappa shape index (κ1) is 19.7. The van der Waals surface area contributed by atoms with E-state index >= 15 is 0 Å². The number of halogens is 1. The molecule has 0 aliphatic carbocycles. The van der Waals surface area contributed by atoms with Crippen LogP contribution in [-0.2, 0) is 9.84 Å². The molecule has 2 rings (SSSR count). The van der Waals surface area contributed by atoms with E-state index in [1.54, 1.807) is 25.3 Å². The van der Waals surface area contributed by atoms with Gasteiger partial charge in [0.15, 0.2) is 9.84 Å². The molecule has 5 nitrogen and oxygen atoms in total. The maximum absolute atomic E-state index is 12.8. The molecule has 1 heterocycles. The molecule has 0 fully saturated rings. The molecule has 1 N–H and O–H groups in total. The first-order valence-electron chi connectivity index (χ1n) is 8.07. The second kappa shape index (κ2) is 7.30. The van der Waals surface area contributed by atoms with Crippen LogP contribution in [0.3, 0.4) is 0 Å². The highest BCUT2D eigenvalue weighted by atomic mass is 35.5. The predicted molar refractivity (Wildman–Crippen MR) is 102 cm³/mol. The highest BCUT2D eigenvalue weighted by Gasteiger charge is 2.21. The van der Waals surface area contributed by atoms with E-state index in [1.807, 2.05) is 33.8 Å². The summed E-state index contributed by atoms with van der Waals surface area (Å²) in [6, 6.07) is 5.28. The zero-order valence-electron chi connectivity index (χ0n) is 15.2. The van der Waals surface area contributed by atoms with Crippen LogP contribution in [0.2, 0.25) is 5.28 Å². The summed E-state index contributed by atoms with van der Waals surface area (Å²) in [6.07, 6.45) is 2.22. The smallest absolute Gasteiger partial charge is 0.224 e. The van der Waals surface area contributed by atoms with E-state index in [1.165, 1.54) is 0 Å². The van der Waals surface area contributed by atoms with Crippen molar-refractivity contribution in [1.29, 1.82) is 0 Å². The quantitative estimate of drug-likeness (QED) is 0.760. The van der Waals surface area contributed by atoms with Crippen molar-refractivity contribution >= 4 is 32.9 Å². The molecule has 0 saturated carbocycles. The molecule has 136 valence electrons. The Hall–Kier alpha value is -1.66. The molecule has 0 amide bonds. The van der Waals surface area contributed by atoms with Gasteiger partial charge in [-0.25, -0.2) is 18.4 Å². The second-order valence-corrected chi connectivity index (χ2v) is 9.82. The minimum atomic E-state index is -3.36. The molecule has 0 unspecified atom stereocenters. The standard InChI is InChI=1S/C18H24ClN3O2S/c1-12-6-7-14(21-16-13(2)11-20-17(19)22-16)10-15(12)25(23,24)9-8-18(3,4)5/h6-7,10-11H,8-9H2,1-5H3,(H,20,21,22). The second-order valence-electron chi connectivity index (χ2n) is 7.41. The molecule has 0 aliphatic rings.